The number of hydrogen-bond acceptors (Lipinski definition) is 4. The average molecular weight is 307 g/mol. The van der Waals surface area contributed by atoms with Gasteiger partial charge in [0.15, 0.2) is 0 Å². The van der Waals surface area contributed by atoms with E-state index in [2.05, 4.69) is 9.88 Å². The van der Waals surface area contributed by atoms with Crippen molar-refractivity contribution < 1.29 is 9.59 Å². The Hall–Kier alpha value is -2.69. The molecule has 0 spiro atoms. The molecule has 1 saturated heterocycles. The number of hydrogen-bond donors (Lipinski definition) is 0. The van der Waals surface area contributed by atoms with Gasteiger partial charge in [0, 0.05) is 24.9 Å². The van der Waals surface area contributed by atoms with E-state index < -0.39 is 11.6 Å². The zero-order valence-corrected chi connectivity index (χ0v) is 12.7. The number of carbonyl (C=O) groups excluding carboxylic acids is 2. The van der Waals surface area contributed by atoms with Crippen LogP contribution in [0.4, 0.5) is 0 Å². The maximum absolute atomic E-state index is 12.4. The Morgan fingerprint density at radius 1 is 0.957 bits per heavy atom. The number of piperidine rings is 1. The minimum absolute atomic E-state index is 0.379. The molecule has 5 heteroatoms. The van der Waals surface area contributed by atoms with E-state index in [0.717, 1.165) is 37.3 Å². The number of likely N-dealkylation sites (tertiary alicyclic amines) is 1. The van der Waals surface area contributed by atoms with Crippen molar-refractivity contribution in [2.45, 2.75) is 19.3 Å². The Balaban J connectivity index is 1.83. The summed E-state index contributed by atoms with van der Waals surface area (Å²) in [6.45, 7) is 1.82. The van der Waals surface area contributed by atoms with Crippen LogP contribution >= 0.6 is 0 Å². The second-order valence-corrected chi connectivity index (χ2v) is 5.92. The maximum Gasteiger partial charge on any atom is 0.251 e. The van der Waals surface area contributed by atoms with Crippen LogP contribution in [0.1, 0.15) is 35.4 Å². The number of para-hydroxylation sites is 1. The molecule has 2 aliphatic rings. The van der Waals surface area contributed by atoms with Gasteiger partial charge in [0.2, 0.25) is 5.78 Å². The normalized spacial score (nSPS) is 17.9. The van der Waals surface area contributed by atoms with Crippen LogP contribution < -0.4 is 0 Å². The molecule has 1 aromatic carbocycles. The van der Waals surface area contributed by atoms with Crippen molar-refractivity contribution >= 4 is 17.3 Å². The highest BCUT2D eigenvalue weighted by Crippen LogP contribution is 2.30. The molecular weight excluding hydrogens is 290 g/mol. The molecule has 2 aromatic rings. The predicted octanol–water partition coefficient (Wildman–Crippen LogP) is 2.46. The quantitative estimate of drug-likeness (QED) is 0.800. The van der Waals surface area contributed by atoms with Crippen LogP contribution in [-0.4, -0.2) is 39.1 Å². The van der Waals surface area contributed by atoms with Crippen molar-refractivity contribution in [3.63, 3.8) is 0 Å². The summed E-state index contributed by atoms with van der Waals surface area (Å²) in [6.07, 6.45) is 6.51. The van der Waals surface area contributed by atoms with E-state index in [0.29, 0.717) is 11.4 Å². The second-order valence-electron chi connectivity index (χ2n) is 5.92. The van der Waals surface area contributed by atoms with Crippen molar-refractivity contribution in [1.29, 1.82) is 0 Å². The largest absolute Gasteiger partial charge is 0.370 e. The van der Waals surface area contributed by atoms with E-state index in [1.807, 2.05) is 30.3 Å². The highest BCUT2D eigenvalue weighted by atomic mass is 16.2. The van der Waals surface area contributed by atoms with E-state index in [9.17, 15) is 9.59 Å². The number of rotatable bonds is 2. The lowest BCUT2D eigenvalue weighted by molar-refractivity contribution is -0.111. The van der Waals surface area contributed by atoms with E-state index in [1.54, 1.807) is 10.9 Å². The minimum Gasteiger partial charge on any atom is -0.370 e. The number of ketones is 2. The summed E-state index contributed by atoms with van der Waals surface area (Å²) in [5, 5.41) is 0. The highest BCUT2D eigenvalue weighted by molar-refractivity contribution is 6.50. The topological polar surface area (TPSA) is 55.2 Å². The second kappa shape index (κ2) is 5.50. The number of allylic oxidation sites excluding steroid dienone is 1. The van der Waals surface area contributed by atoms with Gasteiger partial charge in [0.25, 0.3) is 5.78 Å². The molecule has 0 radical (unpaired) electrons. The Morgan fingerprint density at radius 3 is 2.43 bits per heavy atom. The summed E-state index contributed by atoms with van der Waals surface area (Å²) in [6, 6.07) is 9.52. The molecule has 0 atom stereocenters. The molecule has 0 bridgehead atoms. The number of benzene rings is 1. The van der Waals surface area contributed by atoms with Crippen LogP contribution in [0, 0.1) is 0 Å². The SMILES string of the molecule is O=C1C=C(N2CCCCC2)c2ncn(-c3ccccc3)c2C1=O. The minimum atomic E-state index is -0.484. The summed E-state index contributed by atoms with van der Waals surface area (Å²) < 4.78 is 1.71. The van der Waals surface area contributed by atoms with Crippen LogP contribution in [0.5, 0.6) is 0 Å². The zero-order valence-electron chi connectivity index (χ0n) is 12.7. The number of imidazole rings is 1. The van der Waals surface area contributed by atoms with Gasteiger partial charge in [-0.2, -0.15) is 0 Å². The molecule has 4 rings (SSSR count). The van der Waals surface area contributed by atoms with E-state index >= 15 is 0 Å². The van der Waals surface area contributed by atoms with Crippen molar-refractivity contribution in [3.05, 3.63) is 54.1 Å². The summed E-state index contributed by atoms with van der Waals surface area (Å²) in [5.41, 5.74) is 2.63. The fraction of sp³-hybridized carbons (Fsp3) is 0.278. The van der Waals surface area contributed by atoms with Gasteiger partial charge < -0.3 is 4.90 Å². The molecule has 5 nitrogen and oxygen atoms in total. The van der Waals surface area contributed by atoms with Gasteiger partial charge in [-0.3, -0.25) is 14.2 Å². The average Bonchev–Trinajstić information content (AvgIpc) is 3.05. The Kier molecular flexibility index (Phi) is 3.33. The van der Waals surface area contributed by atoms with Gasteiger partial charge in [-0.15, -0.1) is 0 Å². The predicted molar refractivity (Wildman–Crippen MR) is 86.3 cm³/mol. The van der Waals surface area contributed by atoms with E-state index in [1.165, 1.54) is 12.5 Å². The lowest BCUT2D eigenvalue weighted by Crippen LogP contribution is -2.33. The first kappa shape index (κ1) is 13.9. The van der Waals surface area contributed by atoms with Crippen LogP contribution in [-0.2, 0) is 4.79 Å². The summed E-state index contributed by atoms with van der Waals surface area (Å²) >= 11 is 0. The fourth-order valence-electron chi connectivity index (χ4n) is 3.29. The summed E-state index contributed by atoms with van der Waals surface area (Å²) in [7, 11) is 0. The number of carbonyl (C=O) groups is 2. The summed E-state index contributed by atoms with van der Waals surface area (Å²) in [5.74, 6) is -0.946. The first-order valence-corrected chi connectivity index (χ1v) is 7.94. The fourth-order valence-corrected chi connectivity index (χ4v) is 3.29. The van der Waals surface area contributed by atoms with E-state index in [4.69, 9.17) is 0 Å². The molecule has 1 fully saturated rings. The number of fused-ring (bicyclic) bond motifs is 1. The van der Waals surface area contributed by atoms with Crippen LogP contribution in [0.25, 0.3) is 11.4 Å². The Labute approximate surface area is 134 Å². The molecule has 0 saturated carbocycles. The Morgan fingerprint density at radius 2 is 1.70 bits per heavy atom. The van der Waals surface area contributed by atoms with Gasteiger partial charge >= 0.3 is 0 Å². The highest BCUT2D eigenvalue weighted by Gasteiger charge is 2.33. The third kappa shape index (κ3) is 2.29. The molecule has 23 heavy (non-hydrogen) atoms. The smallest absolute Gasteiger partial charge is 0.251 e. The van der Waals surface area contributed by atoms with Crippen molar-refractivity contribution in [1.82, 2.24) is 14.5 Å². The van der Waals surface area contributed by atoms with Gasteiger partial charge in [-0.25, -0.2) is 4.98 Å². The van der Waals surface area contributed by atoms with Gasteiger partial charge in [0.1, 0.15) is 17.7 Å². The third-order valence-corrected chi connectivity index (χ3v) is 4.45. The Bertz CT molecular complexity index is 799. The molecule has 2 heterocycles. The summed E-state index contributed by atoms with van der Waals surface area (Å²) in [4.78, 5) is 31.3. The first-order valence-electron chi connectivity index (χ1n) is 7.94. The molecule has 116 valence electrons. The zero-order chi connectivity index (χ0) is 15.8. The first-order chi connectivity index (χ1) is 11.3. The number of Topliss-reactive ketones (excluding diaryl/α,β-unsaturated/α-hetero) is 1. The molecular formula is C18H17N3O2. The molecule has 1 aliphatic carbocycles. The van der Waals surface area contributed by atoms with Gasteiger partial charge in [-0.05, 0) is 31.4 Å². The molecule has 0 N–H and O–H groups in total. The van der Waals surface area contributed by atoms with E-state index in [-0.39, 0.29) is 0 Å². The monoisotopic (exact) mass is 307 g/mol. The maximum atomic E-state index is 12.4. The van der Waals surface area contributed by atoms with Crippen LogP contribution in [0.3, 0.4) is 0 Å². The van der Waals surface area contributed by atoms with Crippen molar-refractivity contribution in [2.75, 3.05) is 13.1 Å². The van der Waals surface area contributed by atoms with Crippen LogP contribution in [0.2, 0.25) is 0 Å². The molecule has 0 unspecified atom stereocenters. The van der Waals surface area contributed by atoms with Crippen LogP contribution in [0.15, 0.2) is 42.7 Å². The lowest BCUT2D eigenvalue weighted by Gasteiger charge is -2.31. The third-order valence-electron chi connectivity index (χ3n) is 4.45. The molecule has 1 aromatic heterocycles. The standard InChI is InChI=1S/C18H17N3O2/c22-15-11-14(20-9-5-2-6-10-20)16-17(18(15)23)21(12-19-16)13-7-3-1-4-8-13/h1,3-4,7-8,11-12H,2,5-6,9-10H2. The van der Waals surface area contributed by atoms with Gasteiger partial charge in [0.05, 0.1) is 5.70 Å². The number of aromatic nitrogens is 2. The molecule has 1 aliphatic heterocycles. The lowest BCUT2D eigenvalue weighted by atomic mass is 9.99. The van der Waals surface area contributed by atoms with Gasteiger partial charge in [-0.1, -0.05) is 18.2 Å². The van der Waals surface area contributed by atoms with Crippen molar-refractivity contribution in [2.24, 2.45) is 0 Å². The molecule has 0 amide bonds. The number of nitrogens with zero attached hydrogens (tertiary/aromatic N) is 3. The van der Waals surface area contributed by atoms with Crippen molar-refractivity contribution in [3.8, 4) is 5.69 Å².